The molecule has 0 atom stereocenters. The normalized spacial score (nSPS) is 13.2. The van der Waals surface area contributed by atoms with Crippen LogP contribution in [0.25, 0.3) is 66.1 Å². The molecule has 0 fully saturated rings. The summed E-state index contributed by atoms with van der Waals surface area (Å²) in [5, 5.41) is 24.5. The third-order valence-electron chi connectivity index (χ3n) is 9.70. The molecule has 45 heavy (non-hydrogen) atoms. The van der Waals surface area contributed by atoms with Crippen LogP contribution in [0.15, 0.2) is 121 Å². The van der Waals surface area contributed by atoms with Crippen LogP contribution in [0.1, 0.15) is 36.1 Å². The maximum Gasteiger partial charge on any atom is 0.0993 e. The third kappa shape index (κ3) is 3.34. The molecule has 6 aromatic carbocycles. The fraction of sp³-hybridized carbons (Fsp3) is 0.0732. The van der Waals surface area contributed by atoms with Gasteiger partial charge in [0, 0.05) is 38.3 Å². The van der Waals surface area contributed by atoms with Crippen LogP contribution in [0.4, 0.5) is 0 Å². The maximum absolute atomic E-state index is 10.3. The highest BCUT2D eigenvalue weighted by Gasteiger charge is 2.38. The van der Waals surface area contributed by atoms with Crippen LogP contribution in [-0.4, -0.2) is 9.13 Å². The summed E-state index contributed by atoms with van der Waals surface area (Å²) in [5.41, 5.74) is 12.4. The monoisotopic (exact) mass is 574 g/mol. The number of benzene rings is 6. The predicted octanol–water partition coefficient (Wildman–Crippen LogP) is 9.93. The fourth-order valence-electron chi connectivity index (χ4n) is 7.85. The molecule has 0 unspecified atom stereocenters. The first-order valence-corrected chi connectivity index (χ1v) is 15.2. The van der Waals surface area contributed by atoms with E-state index in [1.54, 1.807) is 0 Å². The van der Waals surface area contributed by atoms with Crippen molar-refractivity contribution < 1.29 is 0 Å². The molecule has 4 nitrogen and oxygen atoms in total. The summed E-state index contributed by atoms with van der Waals surface area (Å²) in [6, 6.07) is 46.8. The minimum atomic E-state index is -0.161. The van der Waals surface area contributed by atoms with Gasteiger partial charge in [0.25, 0.3) is 0 Å². The van der Waals surface area contributed by atoms with Crippen molar-refractivity contribution in [2.75, 3.05) is 0 Å². The maximum atomic E-state index is 10.3. The van der Waals surface area contributed by atoms with E-state index in [0.29, 0.717) is 11.1 Å². The number of aromatic nitrogens is 2. The second kappa shape index (κ2) is 8.96. The molecule has 2 aromatic heterocycles. The van der Waals surface area contributed by atoms with Crippen LogP contribution in [0.5, 0.6) is 0 Å². The molecule has 0 N–H and O–H groups in total. The Bertz CT molecular complexity index is 2650. The van der Waals surface area contributed by atoms with E-state index in [-0.39, 0.29) is 5.41 Å². The van der Waals surface area contributed by atoms with Gasteiger partial charge >= 0.3 is 0 Å². The van der Waals surface area contributed by atoms with Crippen molar-refractivity contribution in [1.29, 1.82) is 10.5 Å². The number of nitrogens with zero attached hydrogens (tertiary/aromatic N) is 4. The molecule has 0 spiro atoms. The van der Waals surface area contributed by atoms with Crippen LogP contribution < -0.4 is 0 Å². The van der Waals surface area contributed by atoms with Crippen molar-refractivity contribution in [2.24, 2.45) is 0 Å². The first kappa shape index (κ1) is 25.4. The highest BCUT2D eigenvalue weighted by atomic mass is 15.0. The quantitative estimate of drug-likeness (QED) is 0.206. The molecule has 4 heteroatoms. The molecule has 2 heterocycles. The van der Waals surface area contributed by atoms with Crippen LogP contribution in [0.3, 0.4) is 0 Å². The van der Waals surface area contributed by atoms with Gasteiger partial charge in [0.1, 0.15) is 0 Å². The van der Waals surface area contributed by atoms with E-state index in [4.69, 9.17) is 0 Å². The van der Waals surface area contributed by atoms with E-state index in [1.807, 2.05) is 42.5 Å². The van der Waals surface area contributed by atoms with Crippen molar-refractivity contribution in [3.05, 3.63) is 144 Å². The van der Waals surface area contributed by atoms with Crippen LogP contribution in [0, 0.1) is 22.7 Å². The van der Waals surface area contributed by atoms with Gasteiger partial charge in [-0.2, -0.15) is 10.5 Å². The largest absolute Gasteiger partial charge is 0.309 e. The SMILES string of the molecule is CC1(C)c2ccccc2-c2ccc3c(c21)c1ccccc1n3-c1cc(C#N)cc(-n2c3ccccc3c3cc(C#N)ccc32)c1. The Morgan fingerprint density at radius 3 is 1.87 bits per heavy atom. The fourth-order valence-corrected chi connectivity index (χ4v) is 7.85. The van der Waals surface area contributed by atoms with Crippen molar-refractivity contribution in [3.63, 3.8) is 0 Å². The molecule has 1 aliphatic carbocycles. The molecular formula is C41H26N4. The number of hydrogen-bond donors (Lipinski definition) is 0. The lowest BCUT2D eigenvalue weighted by molar-refractivity contribution is 0.666. The number of fused-ring (bicyclic) bond motifs is 10. The van der Waals surface area contributed by atoms with E-state index in [2.05, 4.69) is 114 Å². The van der Waals surface area contributed by atoms with Gasteiger partial charge in [0.15, 0.2) is 0 Å². The Morgan fingerprint density at radius 2 is 1.11 bits per heavy atom. The summed E-state index contributed by atoms with van der Waals surface area (Å²) in [6.07, 6.45) is 0. The number of para-hydroxylation sites is 2. The summed E-state index contributed by atoms with van der Waals surface area (Å²) in [6.45, 7) is 4.66. The van der Waals surface area contributed by atoms with E-state index in [1.165, 1.54) is 33.0 Å². The standard InChI is InChI=1S/C41H26N4/c1-41(2)34-12-6-3-9-29(34)31-16-18-38-39(40(31)41)32-11-5-8-14-36(32)45(38)28-20-26(24-43)19-27(22-28)44-35-13-7-4-10-30(35)33-21-25(23-42)15-17-37(33)44/h3-22H,1-2H3. The van der Waals surface area contributed by atoms with Crippen LogP contribution in [-0.2, 0) is 5.41 Å². The van der Waals surface area contributed by atoms with Crippen molar-refractivity contribution in [3.8, 4) is 34.6 Å². The third-order valence-corrected chi connectivity index (χ3v) is 9.70. The average molecular weight is 575 g/mol. The Kier molecular flexibility index (Phi) is 5.06. The highest BCUT2D eigenvalue weighted by molar-refractivity contribution is 6.14. The highest BCUT2D eigenvalue weighted by Crippen LogP contribution is 2.53. The summed E-state index contributed by atoms with van der Waals surface area (Å²) < 4.78 is 4.53. The number of rotatable bonds is 2. The summed E-state index contributed by atoms with van der Waals surface area (Å²) in [7, 11) is 0. The number of nitriles is 2. The Morgan fingerprint density at radius 1 is 0.511 bits per heavy atom. The van der Waals surface area contributed by atoms with E-state index < -0.39 is 0 Å². The molecule has 1 aliphatic rings. The van der Waals surface area contributed by atoms with Crippen molar-refractivity contribution in [2.45, 2.75) is 19.3 Å². The van der Waals surface area contributed by atoms with Gasteiger partial charge < -0.3 is 9.13 Å². The van der Waals surface area contributed by atoms with Crippen molar-refractivity contribution >= 4 is 43.6 Å². The first-order valence-electron chi connectivity index (χ1n) is 15.2. The Labute approximate surface area is 260 Å². The average Bonchev–Trinajstić information content (AvgIpc) is 3.67. The van der Waals surface area contributed by atoms with E-state index in [9.17, 15) is 10.5 Å². The van der Waals surface area contributed by atoms with Gasteiger partial charge in [-0.1, -0.05) is 80.6 Å². The molecule has 0 saturated heterocycles. The molecule has 210 valence electrons. The first-order chi connectivity index (χ1) is 22.0. The molecule has 0 radical (unpaired) electrons. The van der Waals surface area contributed by atoms with Gasteiger partial charge in [-0.25, -0.2) is 0 Å². The molecule has 0 aliphatic heterocycles. The minimum Gasteiger partial charge on any atom is -0.309 e. The van der Waals surface area contributed by atoms with Gasteiger partial charge in [-0.15, -0.1) is 0 Å². The summed E-state index contributed by atoms with van der Waals surface area (Å²) >= 11 is 0. The lowest BCUT2D eigenvalue weighted by atomic mass is 9.80. The molecule has 0 saturated carbocycles. The zero-order chi connectivity index (χ0) is 30.4. The van der Waals surface area contributed by atoms with E-state index in [0.717, 1.165) is 44.2 Å². The van der Waals surface area contributed by atoms with E-state index >= 15 is 0 Å². The van der Waals surface area contributed by atoms with Crippen LogP contribution in [0.2, 0.25) is 0 Å². The van der Waals surface area contributed by atoms with Crippen molar-refractivity contribution in [1.82, 2.24) is 9.13 Å². The smallest absolute Gasteiger partial charge is 0.0993 e. The molecule has 8 aromatic rings. The molecule has 0 amide bonds. The Hall–Kier alpha value is -6.10. The van der Waals surface area contributed by atoms with Gasteiger partial charge in [-0.3, -0.25) is 0 Å². The lowest BCUT2D eigenvalue weighted by Gasteiger charge is -2.22. The summed E-state index contributed by atoms with van der Waals surface area (Å²) in [4.78, 5) is 0. The second-order valence-corrected chi connectivity index (χ2v) is 12.5. The van der Waals surface area contributed by atoms with Gasteiger partial charge in [0.2, 0.25) is 0 Å². The predicted molar refractivity (Wildman–Crippen MR) is 182 cm³/mol. The zero-order valence-corrected chi connectivity index (χ0v) is 24.8. The second-order valence-electron chi connectivity index (χ2n) is 12.5. The zero-order valence-electron chi connectivity index (χ0n) is 24.8. The lowest BCUT2D eigenvalue weighted by Crippen LogP contribution is -2.15. The minimum absolute atomic E-state index is 0.161. The number of hydrogen-bond acceptors (Lipinski definition) is 2. The Balaban J connectivity index is 1.37. The van der Waals surface area contributed by atoms with Gasteiger partial charge in [-0.05, 0) is 76.9 Å². The summed E-state index contributed by atoms with van der Waals surface area (Å²) in [5.74, 6) is 0. The van der Waals surface area contributed by atoms with Gasteiger partial charge in [0.05, 0.1) is 45.3 Å². The molecule has 0 bridgehead atoms. The molecular weight excluding hydrogens is 548 g/mol. The topological polar surface area (TPSA) is 57.4 Å². The van der Waals surface area contributed by atoms with Crippen LogP contribution >= 0.6 is 0 Å². The molecule has 9 rings (SSSR count).